The maximum absolute atomic E-state index is 5.54. The fourth-order valence-corrected chi connectivity index (χ4v) is 1.87. The number of halogens is 1. The molecule has 0 unspecified atom stereocenters. The summed E-state index contributed by atoms with van der Waals surface area (Å²) in [5, 5.41) is 1.06. The second-order valence-electron chi connectivity index (χ2n) is 2.21. The SMILES string of the molecule is Cn1ccnc1SCCCCl. The van der Waals surface area contributed by atoms with Gasteiger partial charge < -0.3 is 4.57 Å². The summed E-state index contributed by atoms with van der Waals surface area (Å²) in [5.74, 6) is 1.78. The van der Waals surface area contributed by atoms with Gasteiger partial charge in [-0.1, -0.05) is 11.8 Å². The Hall–Kier alpha value is -0.150. The Morgan fingerprint density at radius 3 is 3.09 bits per heavy atom. The van der Waals surface area contributed by atoms with Crippen molar-refractivity contribution in [2.75, 3.05) is 11.6 Å². The number of rotatable bonds is 4. The van der Waals surface area contributed by atoms with Gasteiger partial charge in [0.2, 0.25) is 0 Å². The van der Waals surface area contributed by atoms with Crippen molar-refractivity contribution in [3.05, 3.63) is 12.4 Å². The molecule has 0 aliphatic carbocycles. The molecule has 0 bridgehead atoms. The minimum absolute atomic E-state index is 0.734. The van der Waals surface area contributed by atoms with Crippen LogP contribution in [-0.4, -0.2) is 21.2 Å². The van der Waals surface area contributed by atoms with Crippen LogP contribution in [0.3, 0.4) is 0 Å². The summed E-state index contributed by atoms with van der Waals surface area (Å²) in [6, 6.07) is 0. The lowest BCUT2D eigenvalue weighted by molar-refractivity contribution is 0.789. The van der Waals surface area contributed by atoms with Gasteiger partial charge in [0.05, 0.1) is 0 Å². The Kier molecular flexibility index (Phi) is 3.80. The van der Waals surface area contributed by atoms with Gasteiger partial charge in [0.1, 0.15) is 0 Å². The lowest BCUT2D eigenvalue weighted by Crippen LogP contribution is -1.90. The quantitative estimate of drug-likeness (QED) is 0.411. The molecule has 0 saturated heterocycles. The number of imidazole rings is 1. The Morgan fingerprint density at radius 2 is 2.55 bits per heavy atom. The molecular weight excluding hydrogens is 180 g/mol. The Labute approximate surface area is 76.0 Å². The predicted molar refractivity (Wildman–Crippen MR) is 49.3 cm³/mol. The molecule has 2 nitrogen and oxygen atoms in total. The fourth-order valence-electron chi connectivity index (χ4n) is 0.709. The minimum Gasteiger partial charge on any atom is -0.329 e. The van der Waals surface area contributed by atoms with Crippen molar-refractivity contribution in [3.63, 3.8) is 0 Å². The molecule has 0 fully saturated rings. The van der Waals surface area contributed by atoms with Crippen LogP contribution in [0.1, 0.15) is 6.42 Å². The van der Waals surface area contributed by atoms with E-state index in [9.17, 15) is 0 Å². The normalized spacial score (nSPS) is 10.4. The van der Waals surface area contributed by atoms with Gasteiger partial charge >= 0.3 is 0 Å². The number of hydrogen-bond donors (Lipinski definition) is 0. The Bertz CT molecular complexity index is 212. The van der Waals surface area contributed by atoms with Crippen molar-refractivity contribution in [1.29, 1.82) is 0 Å². The second kappa shape index (κ2) is 4.67. The van der Waals surface area contributed by atoms with Crippen molar-refractivity contribution < 1.29 is 0 Å². The van der Waals surface area contributed by atoms with E-state index < -0.39 is 0 Å². The molecule has 0 saturated carbocycles. The van der Waals surface area contributed by atoms with Gasteiger partial charge in [0, 0.05) is 31.1 Å². The molecule has 0 aliphatic heterocycles. The zero-order valence-corrected chi connectivity index (χ0v) is 8.03. The summed E-state index contributed by atoms with van der Waals surface area (Å²) in [4.78, 5) is 4.17. The lowest BCUT2D eigenvalue weighted by atomic mass is 10.6. The Morgan fingerprint density at radius 1 is 1.73 bits per heavy atom. The Balaban J connectivity index is 2.32. The third kappa shape index (κ3) is 2.75. The standard InChI is InChI=1S/C7H11ClN2S/c1-10-5-4-9-7(10)11-6-2-3-8/h4-5H,2-3,6H2,1H3. The van der Waals surface area contributed by atoms with Crippen LogP contribution in [0.15, 0.2) is 17.6 Å². The molecule has 0 spiro atoms. The fraction of sp³-hybridized carbons (Fsp3) is 0.571. The van der Waals surface area contributed by atoms with Crippen LogP contribution in [0.25, 0.3) is 0 Å². The van der Waals surface area contributed by atoms with Crippen LogP contribution < -0.4 is 0 Å². The van der Waals surface area contributed by atoms with Gasteiger partial charge in [-0.2, -0.15) is 0 Å². The highest BCUT2D eigenvalue weighted by molar-refractivity contribution is 7.99. The zero-order chi connectivity index (χ0) is 8.10. The molecule has 62 valence electrons. The molecule has 1 aromatic rings. The van der Waals surface area contributed by atoms with Gasteiger partial charge in [-0.3, -0.25) is 0 Å². The van der Waals surface area contributed by atoms with Gasteiger partial charge in [-0.15, -0.1) is 11.6 Å². The highest BCUT2D eigenvalue weighted by atomic mass is 35.5. The van der Waals surface area contributed by atoms with Crippen molar-refractivity contribution in [2.24, 2.45) is 7.05 Å². The van der Waals surface area contributed by atoms with Crippen LogP contribution in [0.4, 0.5) is 0 Å². The van der Waals surface area contributed by atoms with Crippen LogP contribution in [0, 0.1) is 0 Å². The van der Waals surface area contributed by atoms with E-state index in [1.165, 1.54) is 0 Å². The largest absolute Gasteiger partial charge is 0.329 e. The predicted octanol–water partition coefficient (Wildman–Crippen LogP) is 2.14. The smallest absolute Gasteiger partial charge is 0.167 e. The summed E-state index contributed by atoms with van der Waals surface area (Å²) in [7, 11) is 2.00. The molecule has 0 N–H and O–H groups in total. The van der Waals surface area contributed by atoms with E-state index in [0.29, 0.717) is 0 Å². The van der Waals surface area contributed by atoms with Crippen molar-refractivity contribution >= 4 is 23.4 Å². The number of thioether (sulfide) groups is 1. The van der Waals surface area contributed by atoms with Gasteiger partial charge in [0.15, 0.2) is 5.16 Å². The van der Waals surface area contributed by atoms with E-state index in [4.69, 9.17) is 11.6 Å². The summed E-state index contributed by atoms with van der Waals surface area (Å²) in [5.41, 5.74) is 0. The average molecular weight is 191 g/mol. The van der Waals surface area contributed by atoms with Crippen molar-refractivity contribution in [1.82, 2.24) is 9.55 Å². The van der Waals surface area contributed by atoms with Crippen LogP contribution >= 0.6 is 23.4 Å². The second-order valence-corrected chi connectivity index (χ2v) is 3.65. The van der Waals surface area contributed by atoms with E-state index in [1.54, 1.807) is 11.8 Å². The summed E-state index contributed by atoms with van der Waals surface area (Å²) < 4.78 is 2.01. The molecule has 1 heterocycles. The first-order chi connectivity index (χ1) is 5.34. The molecule has 4 heteroatoms. The zero-order valence-electron chi connectivity index (χ0n) is 6.46. The van der Waals surface area contributed by atoms with Gasteiger partial charge in [-0.25, -0.2) is 4.98 Å². The first-order valence-corrected chi connectivity index (χ1v) is 5.02. The topological polar surface area (TPSA) is 17.8 Å². The van der Waals surface area contributed by atoms with Crippen LogP contribution in [-0.2, 0) is 7.05 Å². The van der Waals surface area contributed by atoms with Gasteiger partial charge in [-0.05, 0) is 6.42 Å². The first-order valence-electron chi connectivity index (χ1n) is 3.50. The molecule has 0 aromatic carbocycles. The molecule has 0 radical (unpaired) electrons. The van der Waals surface area contributed by atoms with Crippen molar-refractivity contribution in [3.8, 4) is 0 Å². The number of aromatic nitrogens is 2. The minimum atomic E-state index is 0.734. The first kappa shape index (κ1) is 8.94. The molecule has 1 aromatic heterocycles. The number of nitrogens with zero attached hydrogens (tertiary/aromatic N) is 2. The number of hydrogen-bond acceptors (Lipinski definition) is 2. The highest BCUT2D eigenvalue weighted by Crippen LogP contribution is 2.15. The molecule has 11 heavy (non-hydrogen) atoms. The van der Waals surface area contributed by atoms with E-state index in [2.05, 4.69) is 4.98 Å². The maximum Gasteiger partial charge on any atom is 0.167 e. The average Bonchev–Trinajstić information content (AvgIpc) is 2.37. The maximum atomic E-state index is 5.54. The van der Waals surface area contributed by atoms with E-state index in [-0.39, 0.29) is 0 Å². The molecule has 1 rings (SSSR count). The van der Waals surface area contributed by atoms with Crippen LogP contribution in [0.5, 0.6) is 0 Å². The summed E-state index contributed by atoms with van der Waals surface area (Å²) in [6.45, 7) is 0. The van der Waals surface area contributed by atoms with Crippen molar-refractivity contribution in [2.45, 2.75) is 11.6 Å². The summed E-state index contributed by atoms with van der Waals surface area (Å²) >= 11 is 7.29. The molecular formula is C7H11ClN2S. The number of alkyl halides is 1. The lowest BCUT2D eigenvalue weighted by Gasteiger charge is -1.98. The number of aryl methyl sites for hydroxylation is 1. The third-order valence-electron chi connectivity index (χ3n) is 1.29. The molecule has 0 atom stereocenters. The molecule has 0 amide bonds. The van der Waals surface area contributed by atoms with Crippen LogP contribution in [0.2, 0.25) is 0 Å². The van der Waals surface area contributed by atoms with E-state index >= 15 is 0 Å². The van der Waals surface area contributed by atoms with E-state index in [1.807, 2.05) is 24.0 Å². The molecule has 0 aliphatic rings. The highest BCUT2D eigenvalue weighted by Gasteiger charge is 1.97. The third-order valence-corrected chi connectivity index (χ3v) is 2.70. The van der Waals surface area contributed by atoms with Gasteiger partial charge in [0.25, 0.3) is 0 Å². The monoisotopic (exact) mass is 190 g/mol. The summed E-state index contributed by atoms with van der Waals surface area (Å²) in [6.07, 6.45) is 4.80. The van der Waals surface area contributed by atoms with E-state index in [0.717, 1.165) is 23.2 Å².